The van der Waals surface area contributed by atoms with Crippen molar-refractivity contribution in [1.82, 2.24) is 9.88 Å². The smallest absolute Gasteiger partial charge is 0.255 e. The van der Waals surface area contributed by atoms with Crippen LogP contribution in [0, 0.1) is 5.82 Å². The molecule has 1 aromatic heterocycles. The molecule has 0 unspecified atom stereocenters. The third kappa shape index (κ3) is 3.38. The van der Waals surface area contributed by atoms with Gasteiger partial charge < -0.3 is 4.90 Å². The average molecular weight is 323 g/mol. The molecule has 0 aliphatic carbocycles. The molecule has 2 rings (SSSR count). The molecule has 2 aromatic rings. The zero-order valence-electron chi connectivity index (χ0n) is 10.3. The van der Waals surface area contributed by atoms with Gasteiger partial charge in [0.1, 0.15) is 5.82 Å². The summed E-state index contributed by atoms with van der Waals surface area (Å²) >= 11 is 3.25. The number of amides is 1. The van der Waals surface area contributed by atoms with E-state index in [2.05, 4.69) is 20.9 Å². The Bertz CT molecular complexity index is 589. The maximum absolute atomic E-state index is 13.2. The van der Waals surface area contributed by atoms with E-state index in [4.69, 9.17) is 0 Å². The summed E-state index contributed by atoms with van der Waals surface area (Å²) in [6, 6.07) is 9.57. The zero-order valence-corrected chi connectivity index (χ0v) is 11.9. The van der Waals surface area contributed by atoms with Crippen molar-refractivity contribution < 1.29 is 9.18 Å². The molecule has 0 N–H and O–H groups in total. The highest BCUT2D eigenvalue weighted by atomic mass is 79.9. The van der Waals surface area contributed by atoms with Crippen LogP contribution in [-0.4, -0.2) is 22.8 Å². The van der Waals surface area contributed by atoms with Gasteiger partial charge in [-0.25, -0.2) is 4.39 Å². The number of hydrogen-bond acceptors (Lipinski definition) is 2. The second kappa shape index (κ2) is 5.93. The van der Waals surface area contributed by atoms with Crippen molar-refractivity contribution in [2.75, 3.05) is 7.05 Å². The molecule has 0 spiro atoms. The number of hydrogen-bond donors (Lipinski definition) is 0. The first-order chi connectivity index (χ1) is 9.08. The van der Waals surface area contributed by atoms with Crippen LogP contribution < -0.4 is 0 Å². The topological polar surface area (TPSA) is 33.2 Å². The monoisotopic (exact) mass is 322 g/mol. The Morgan fingerprint density at radius 2 is 2.16 bits per heavy atom. The summed E-state index contributed by atoms with van der Waals surface area (Å²) in [7, 11) is 1.66. The molecule has 0 radical (unpaired) electrons. The minimum atomic E-state index is -0.433. The van der Waals surface area contributed by atoms with Gasteiger partial charge in [0.05, 0.1) is 17.8 Å². The number of pyridine rings is 1. The highest BCUT2D eigenvalue weighted by molar-refractivity contribution is 9.10. The van der Waals surface area contributed by atoms with E-state index in [1.165, 1.54) is 23.1 Å². The Labute approximate surface area is 119 Å². The van der Waals surface area contributed by atoms with Crippen molar-refractivity contribution in [3.63, 3.8) is 0 Å². The molecular weight excluding hydrogens is 311 g/mol. The van der Waals surface area contributed by atoms with Gasteiger partial charge in [-0.2, -0.15) is 0 Å². The second-order valence-corrected chi connectivity index (χ2v) is 4.96. The third-order valence-corrected chi connectivity index (χ3v) is 3.32. The van der Waals surface area contributed by atoms with Gasteiger partial charge in [0.25, 0.3) is 5.91 Å². The molecule has 0 saturated heterocycles. The standard InChI is InChI=1S/C14H12BrFN2O/c1-18(9-11-4-2-3-7-17-11)14(19)12-8-10(16)5-6-13(12)15/h2-8H,9H2,1H3. The van der Waals surface area contributed by atoms with E-state index in [1.54, 1.807) is 13.2 Å². The first-order valence-corrected chi connectivity index (χ1v) is 6.47. The fraction of sp³-hybridized carbons (Fsp3) is 0.143. The van der Waals surface area contributed by atoms with Gasteiger partial charge in [-0.05, 0) is 46.3 Å². The first kappa shape index (κ1) is 13.7. The molecule has 0 aliphatic rings. The average Bonchev–Trinajstić information content (AvgIpc) is 2.42. The molecule has 0 atom stereocenters. The molecule has 19 heavy (non-hydrogen) atoms. The summed E-state index contributed by atoms with van der Waals surface area (Å²) in [5.74, 6) is -0.685. The number of carbonyl (C=O) groups is 1. The molecule has 98 valence electrons. The summed E-state index contributed by atoms with van der Waals surface area (Å²) in [6.07, 6.45) is 1.67. The number of benzene rings is 1. The van der Waals surface area contributed by atoms with Crippen molar-refractivity contribution in [2.24, 2.45) is 0 Å². The molecule has 0 bridgehead atoms. The second-order valence-electron chi connectivity index (χ2n) is 4.11. The Morgan fingerprint density at radius 1 is 1.37 bits per heavy atom. The minimum absolute atomic E-state index is 0.253. The van der Waals surface area contributed by atoms with Crippen LogP contribution in [-0.2, 0) is 6.54 Å². The van der Waals surface area contributed by atoms with Crippen LogP contribution >= 0.6 is 15.9 Å². The fourth-order valence-corrected chi connectivity index (χ4v) is 2.09. The van der Waals surface area contributed by atoms with Gasteiger partial charge in [-0.3, -0.25) is 9.78 Å². The number of rotatable bonds is 3. The van der Waals surface area contributed by atoms with E-state index in [1.807, 2.05) is 18.2 Å². The van der Waals surface area contributed by atoms with E-state index in [0.29, 0.717) is 16.6 Å². The highest BCUT2D eigenvalue weighted by Gasteiger charge is 2.16. The van der Waals surface area contributed by atoms with E-state index in [-0.39, 0.29) is 5.91 Å². The molecule has 5 heteroatoms. The minimum Gasteiger partial charge on any atom is -0.336 e. The molecule has 1 aromatic carbocycles. The summed E-state index contributed by atoms with van der Waals surface area (Å²) in [5.41, 5.74) is 1.09. The largest absolute Gasteiger partial charge is 0.336 e. The molecule has 0 aliphatic heterocycles. The fourth-order valence-electron chi connectivity index (χ4n) is 1.67. The Kier molecular flexibility index (Phi) is 4.27. The predicted molar refractivity (Wildman–Crippen MR) is 74.1 cm³/mol. The maximum Gasteiger partial charge on any atom is 0.255 e. The molecule has 3 nitrogen and oxygen atoms in total. The molecule has 0 saturated carbocycles. The molecule has 0 fully saturated rings. The Balaban J connectivity index is 2.17. The van der Waals surface area contributed by atoms with Gasteiger partial charge in [0.15, 0.2) is 0 Å². The number of carbonyl (C=O) groups excluding carboxylic acids is 1. The van der Waals surface area contributed by atoms with Gasteiger partial charge in [0, 0.05) is 17.7 Å². The van der Waals surface area contributed by atoms with Gasteiger partial charge in [0.2, 0.25) is 0 Å². The van der Waals surface area contributed by atoms with E-state index < -0.39 is 5.82 Å². The van der Waals surface area contributed by atoms with Crippen molar-refractivity contribution in [2.45, 2.75) is 6.54 Å². The van der Waals surface area contributed by atoms with Crippen LogP contribution in [0.5, 0.6) is 0 Å². The lowest BCUT2D eigenvalue weighted by molar-refractivity contribution is 0.0782. The van der Waals surface area contributed by atoms with Gasteiger partial charge in [-0.1, -0.05) is 6.07 Å². The van der Waals surface area contributed by atoms with Crippen molar-refractivity contribution in [3.05, 3.63) is 64.1 Å². The molecule has 1 amide bonds. The lowest BCUT2D eigenvalue weighted by atomic mass is 10.2. The van der Waals surface area contributed by atoms with Crippen LogP contribution in [0.25, 0.3) is 0 Å². The van der Waals surface area contributed by atoms with Crippen LogP contribution in [0.2, 0.25) is 0 Å². The first-order valence-electron chi connectivity index (χ1n) is 5.68. The highest BCUT2D eigenvalue weighted by Crippen LogP contribution is 2.19. The maximum atomic E-state index is 13.2. The lowest BCUT2D eigenvalue weighted by Gasteiger charge is -2.17. The Morgan fingerprint density at radius 3 is 2.84 bits per heavy atom. The zero-order chi connectivity index (χ0) is 13.8. The lowest BCUT2D eigenvalue weighted by Crippen LogP contribution is -2.27. The number of halogens is 2. The van der Waals surface area contributed by atoms with Crippen LogP contribution in [0.15, 0.2) is 47.1 Å². The third-order valence-electron chi connectivity index (χ3n) is 2.63. The van der Waals surface area contributed by atoms with Crippen LogP contribution in [0.3, 0.4) is 0 Å². The molecule has 1 heterocycles. The van der Waals surface area contributed by atoms with Crippen molar-refractivity contribution in [3.8, 4) is 0 Å². The van der Waals surface area contributed by atoms with Crippen molar-refractivity contribution in [1.29, 1.82) is 0 Å². The van der Waals surface area contributed by atoms with E-state index in [0.717, 1.165) is 5.69 Å². The van der Waals surface area contributed by atoms with E-state index in [9.17, 15) is 9.18 Å². The summed E-state index contributed by atoms with van der Waals surface area (Å²) in [4.78, 5) is 17.9. The normalized spacial score (nSPS) is 10.3. The van der Waals surface area contributed by atoms with Gasteiger partial charge in [-0.15, -0.1) is 0 Å². The summed E-state index contributed by atoms with van der Waals surface area (Å²) in [5, 5.41) is 0. The van der Waals surface area contributed by atoms with Crippen LogP contribution in [0.1, 0.15) is 16.1 Å². The Hall–Kier alpha value is -1.75. The predicted octanol–water partition coefficient (Wildman–Crippen LogP) is 3.26. The number of nitrogens with zero attached hydrogens (tertiary/aromatic N) is 2. The SMILES string of the molecule is CN(Cc1ccccn1)C(=O)c1cc(F)ccc1Br. The van der Waals surface area contributed by atoms with E-state index >= 15 is 0 Å². The molecular formula is C14H12BrFN2O. The number of aromatic nitrogens is 1. The van der Waals surface area contributed by atoms with Crippen molar-refractivity contribution >= 4 is 21.8 Å². The quantitative estimate of drug-likeness (QED) is 0.869. The van der Waals surface area contributed by atoms with Gasteiger partial charge >= 0.3 is 0 Å². The summed E-state index contributed by atoms with van der Waals surface area (Å²) in [6.45, 7) is 0.378. The summed E-state index contributed by atoms with van der Waals surface area (Å²) < 4.78 is 13.8. The van der Waals surface area contributed by atoms with Crippen LogP contribution in [0.4, 0.5) is 4.39 Å².